The Bertz CT molecular complexity index is 990. The molecule has 0 atom stereocenters. The van der Waals surface area contributed by atoms with E-state index in [0.717, 1.165) is 22.3 Å². The van der Waals surface area contributed by atoms with Crippen LogP contribution in [0, 0.1) is 13.8 Å². The fourth-order valence-electron chi connectivity index (χ4n) is 2.75. The predicted octanol–water partition coefficient (Wildman–Crippen LogP) is 5.61. The van der Waals surface area contributed by atoms with Gasteiger partial charge in [-0.3, -0.25) is 9.59 Å². The van der Waals surface area contributed by atoms with Crippen molar-refractivity contribution in [1.82, 2.24) is 0 Å². The van der Waals surface area contributed by atoms with Crippen LogP contribution in [0.4, 0.5) is 11.4 Å². The Hall–Kier alpha value is -3.92. The van der Waals surface area contributed by atoms with Gasteiger partial charge in [0.15, 0.2) is 0 Å². The third-order valence-electron chi connectivity index (χ3n) is 4.45. The third kappa shape index (κ3) is 6.31. The maximum absolute atomic E-state index is 12.3. The molecule has 30 heavy (non-hydrogen) atoms. The van der Waals surface area contributed by atoms with Crippen molar-refractivity contribution in [2.75, 3.05) is 10.6 Å². The molecule has 3 aromatic rings. The van der Waals surface area contributed by atoms with Crippen molar-refractivity contribution in [2.24, 2.45) is 0 Å². The minimum absolute atomic E-state index is 0.271. The van der Waals surface area contributed by atoms with Crippen molar-refractivity contribution in [3.8, 4) is 0 Å². The molecule has 0 heterocycles. The summed E-state index contributed by atoms with van der Waals surface area (Å²) in [5.41, 5.74) is 5.29. The van der Waals surface area contributed by atoms with Crippen LogP contribution in [0.25, 0.3) is 12.2 Å². The fraction of sp³-hybridized carbons (Fsp3) is 0.0769. The van der Waals surface area contributed by atoms with Gasteiger partial charge in [-0.05, 0) is 49.3 Å². The largest absolute Gasteiger partial charge is 0.321 e. The molecule has 3 aromatic carbocycles. The number of hydrogen-bond donors (Lipinski definition) is 2. The molecule has 0 aliphatic rings. The lowest BCUT2D eigenvalue weighted by Crippen LogP contribution is -2.13. The van der Waals surface area contributed by atoms with Gasteiger partial charge >= 0.3 is 0 Å². The minimum atomic E-state index is -0.271. The van der Waals surface area contributed by atoms with Gasteiger partial charge in [0.1, 0.15) is 0 Å². The lowest BCUT2D eigenvalue weighted by Gasteiger charge is -2.10. The van der Waals surface area contributed by atoms with E-state index in [0.29, 0.717) is 11.4 Å². The second-order valence-electron chi connectivity index (χ2n) is 7.01. The van der Waals surface area contributed by atoms with Crippen LogP contribution in [0.5, 0.6) is 0 Å². The lowest BCUT2D eigenvalue weighted by atomic mass is 10.1. The van der Waals surface area contributed by atoms with E-state index in [1.54, 1.807) is 36.4 Å². The highest BCUT2D eigenvalue weighted by atomic mass is 16.2. The average Bonchev–Trinajstić information content (AvgIpc) is 2.74. The zero-order valence-corrected chi connectivity index (χ0v) is 17.1. The van der Waals surface area contributed by atoms with Crippen LogP contribution < -0.4 is 10.6 Å². The molecule has 150 valence electrons. The molecule has 4 nitrogen and oxygen atoms in total. The molecule has 0 unspecified atom stereocenters. The zero-order valence-electron chi connectivity index (χ0n) is 17.1. The summed E-state index contributed by atoms with van der Waals surface area (Å²) in [6.07, 6.45) is 6.45. The molecule has 0 saturated carbocycles. The van der Waals surface area contributed by atoms with Gasteiger partial charge in [0.05, 0.1) is 11.4 Å². The topological polar surface area (TPSA) is 58.2 Å². The number of amides is 2. The van der Waals surface area contributed by atoms with E-state index in [1.165, 1.54) is 12.2 Å². The first-order valence-corrected chi connectivity index (χ1v) is 9.70. The number of carbonyl (C=O) groups excluding carboxylic acids is 2. The summed E-state index contributed by atoms with van der Waals surface area (Å²) < 4.78 is 0. The van der Waals surface area contributed by atoms with Crippen LogP contribution in [0.3, 0.4) is 0 Å². The Morgan fingerprint density at radius 2 is 0.967 bits per heavy atom. The molecule has 0 saturated heterocycles. The Morgan fingerprint density at radius 3 is 1.33 bits per heavy atom. The van der Waals surface area contributed by atoms with Gasteiger partial charge in [-0.1, -0.05) is 71.8 Å². The molecular weight excluding hydrogens is 372 g/mol. The van der Waals surface area contributed by atoms with Gasteiger partial charge in [-0.2, -0.15) is 0 Å². The highest BCUT2D eigenvalue weighted by Gasteiger charge is 2.06. The van der Waals surface area contributed by atoms with E-state index in [9.17, 15) is 9.59 Å². The summed E-state index contributed by atoms with van der Waals surface area (Å²) in [6.45, 7) is 4.03. The van der Waals surface area contributed by atoms with Gasteiger partial charge < -0.3 is 10.6 Å². The molecule has 4 heteroatoms. The fourth-order valence-corrected chi connectivity index (χ4v) is 2.75. The molecule has 0 spiro atoms. The number of benzene rings is 3. The van der Waals surface area contributed by atoms with E-state index in [-0.39, 0.29) is 11.8 Å². The van der Waals surface area contributed by atoms with Crippen molar-refractivity contribution in [3.63, 3.8) is 0 Å². The summed E-state index contributed by atoms with van der Waals surface area (Å²) in [6, 6.07) is 22.9. The first kappa shape index (κ1) is 20.8. The van der Waals surface area contributed by atoms with E-state index in [4.69, 9.17) is 0 Å². The quantitative estimate of drug-likeness (QED) is 0.532. The summed E-state index contributed by atoms with van der Waals surface area (Å²) >= 11 is 0. The molecule has 0 aliphatic heterocycles. The van der Waals surface area contributed by atoms with Gasteiger partial charge in [0, 0.05) is 12.2 Å². The van der Waals surface area contributed by atoms with Crippen LogP contribution in [0.2, 0.25) is 0 Å². The first-order valence-electron chi connectivity index (χ1n) is 9.70. The summed E-state index contributed by atoms with van der Waals surface area (Å²) in [5, 5.41) is 5.63. The summed E-state index contributed by atoms with van der Waals surface area (Å²) in [4.78, 5) is 24.6. The van der Waals surface area contributed by atoms with Crippen LogP contribution >= 0.6 is 0 Å². The maximum atomic E-state index is 12.3. The number of hydrogen-bond acceptors (Lipinski definition) is 2. The number of carbonyl (C=O) groups is 2. The predicted molar refractivity (Wildman–Crippen MR) is 124 cm³/mol. The van der Waals surface area contributed by atoms with Gasteiger partial charge in [0.25, 0.3) is 0 Å². The Kier molecular flexibility index (Phi) is 6.95. The van der Waals surface area contributed by atoms with Gasteiger partial charge in [0.2, 0.25) is 11.8 Å². The lowest BCUT2D eigenvalue weighted by molar-refractivity contribution is -0.112. The smallest absolute Gasteiger partial charge is 0.248 e. The Morgan fingerprint density at radius 1 is 0.600 bits per heavy atom. The van der Waals surface area contributed by atoms with Crippen LogP contribution in [0.1, 0.15) is 22.3 Å². The first-order chi connectivity index (χ1) is 14.5. The summed E-state index contributed by atoms with van der Waals surface area (Å²) in [7, 11) is 0. The van der Waals surface area contributed by atoms with E-state index in [1.807, 2.05) is 62.4 Å². The van der Waals surface area contributed by atoms with Crippen LogP contribution in [-0.2, 0) is 9.59 Å². The van der Waals surface area contributed by atoms with E-state index >= 15 is 0 Å². The van der Waals surface area contributed by atoms with Gasteiger partial charge in [-0.25, -0.2) is 0 Å². The number of aryl methyl sites for hydroxylation is 2. The molecule has 2 amide bonds. The molecule has 0 aromatic heterocycles. The number of para-hydroxylation sites is 2. The number of nitrogens with one attached hydrogen (secondary N) is 2. The zero-order chi connectivity index (χ0) is 21.3. The average molecular weight is 396 g/mol. The highest BCUT2D eigenvalue weighted by molar-refractivity contribution is 6.07. The van der Waals surface area contributed by atoms with Gasteiger partial charge in [-0.15, -0.1) is 0 Å². The molecular formula is C26H24N2O2. The minimum Gasteiger partial charge on any atom is -0.321 e. The van der Waals surface area contributed by atoms with Crippen molar-refractivity contribution in [1.29, 1.82) is 0 Å². The second-order valence-corrected chi connectivity index (χ2v) is 7.01. The Labute approximate surface area is 177 Å². The van der Waals surface area contributed by atoms with Crippen LogP contribution in [0.15, 0.2) is 84.9 Å². The van der Waals surface area contributed by atoms with Crippen LogP contribution in [-0.4, -0.2) is 11.8 Å². The SMILES string of the molecule is Cc1ccc(/C=C/C(=O)Nc2ccccc2NC(=O)/C=C/c2ccc(C)cc2)cc1. The summed E-state index contributed by atoms with van der Waals surface area (Å²) in [5.74, 6) is -0.542. The molecule has 0 fully saturated rings. The van der Waals surface area contributed by atoms with Crippen molar-refractivity contribution < 1.29 is 9.59 Å². The van der Waals surface area contributed by atoms with Crippen molar-refractivity contribution in [2.45, 2.75) is 13.8 Å². The molecule has 0 bridgehead atoms. The molecule has 0 aliphatic carbocycles. The van der Waals surface area contributed by atoms with E-state index in [2.05, 4.69) is 10.6 Å². The second kappa shape index (κ2) is 10.0. The monoisotopic (exact) mass is 396 g/mol. The standard InChI is InChI=1S/C26H24N2O2/c1-19-7-11-21(12-8-19)15-17-25(29)27-23-5-3-4-6-24(23)28-26(30)18-16-22-13-9-20(2)10-14-22/h3-18H,1-2H3,(H,27,29)(H,28,30)/b17-15+,18-16+. The molecule has 2 N–H and O–H groups in total. The van der Waals surface area contributed by atoms with E-state index < -0.39 is 0 Å². The molecule has 3 rings (SSSR count). The maximum Gasteiger partial charge on any atom is 0.248 e. The normalized spacial score (nSPS) is 11.0. The van der Waals surface area contributed by atoms with Crippen molar-refractivity contribution >= 4 is 35.3 Å². The number of rotatable bonds is 6. The van der Waals surface area contributed by atoms with Crippen molar-refractivity contribution in [3.05, 3.63) is 107 Å². The highest BCUT2D eigenvalue weighted by Crippen LogP contribution is 2.21. The number of anilines is 2. The third-order valence-corrected chi connectivity index (χ3v) is 4.45. The Balaban J connectivity index is 1.63. The molecule has 0 radical (unpaired) electrons.